The molecule has 1 aromatic heterocycles. The molecule has 0 aliphatic rings. The van der Waals surface area contributed by atoms with Crippen LogP contribution in [0.1, 0.15) is 38.4 Å². The number of unbranched alkanes of at least 4 members (excludes halogenated alkanes) is 1. The molecule has 0 saturated heterocycles. The molecule has 0 aliphatic heterocycles. The molecule has 122 valence electrons. The SMILES string of the molecule is CNCc1cc(S(=O)(=O)NCCCCSC)cn1C(C)C. The summed E-state index contributed by atoms with van der Waals surface area (Å²) < 4.78 is 29.3. The highest BCUT2D eigenvalue weighted by molar-refractivity contribution is 7.98. The fourth-order valence-electron chi connectivity index (χ4n) is 2.11. The number of hydrogen-bond acceptors (Lipinski definition) is 4. The van der Waals surface area contributed by atoms with E-state index in [9.17, 15) is 8.42 Å². The van der Waals surface area contributed by atoms with E-state index in [1.807, 2.05) is 25.5 Å². The van der Waals surface area contributed by atoms with E-state index in [-0.39, 0.29) is 6.04 Å². The van der Waals surface area contributed by atoms with Crippen LogP contribution in [0, 0.1) is 0 Å². The van der Waals surface area contributed by atoms with E-state index in [0.717, 1.165) is 24.3 Å². The summed E-state index contributed by atoms with van der Waals surface area (Å²) in [6.45, 7) is 5.25. The van der Waals surface area contributed by atoms with Crippen molar-refractivity contribution >= 4 is 21.8 Å². The summed E-state index contributed by atoms with van der Waals surface area (Å²) in [6.07, 6.45) is 5.68. The van der Waals surface area contributed by atoms with Gasteiger partial charge in [-0.2, -0.15) is 11.8 Å². The molecule has 7 heteroatoms. The van der Waals surface area contributed by atoms with E-state index in [1.54, 1.807) is 24.0 Å². The number of thioether (sulfide) groups is 1. The van der Waals surface area contributed by atoms with Gasteiger partial charge >= 0.3 is 0 Å². The molecule has 5 nitrogen and oxygen atoms in total. The topological polar surface area (TPSA) is 63.1 Å². The molecule has 0 spiro atoms. The molecule has 0 bridgehead atoms. The number of nitrogens with zero attached hydrogens (tertiary/aromatic N) is 1. The van der Waals surface area contributed by atoms with Gasteiger partial charge in [-0.15, -0.1) is 0 Å². The van der Waals surface area contributed by atoms with Gasteiger partial charge in [-0.25, -0.2) is 13.1 Å². The highest BCUT2D eigenvalue weighted by Gasteiger charge is 2.18. The van der Waals surface area contributed by atoms with E-state index in [4.69, 9.17) is 0 Å². The quantitative estimate of drug-likeness (QED) is 0.645. The third-order valence-corrected chi connectivity index (χ3v) is 5.32. The molecule has 0 amide bonds. The van der Waals surface area contributed by atoms with Crippen molar-refractivity contribution < 1.29 is 8.42 Å². The maximum absolute atomic E-state index is 12.3. The Hall–Kier alpha value is -0.500. The lowest BCUT2D eigenvalue weighted by Gasteiger charge is -2.12. The van der Waals surface area contributed by atoms with Gasteiger partial charge < -0.3 is 9.88 Å². The Kier molecular flexibility index (Phi) is 7.79. The number of rotatable bonds is 10. The third-order valence-electron chi connectivity index (χ3n) is 3.20. The zero-order valence-corrected chi connectivity index (χ0v) is 15.0. The molecule has 0 aromatic carbocycles. The van der Waals surface area contributed by atoms with Gasteiger partial charge in [0.25, 0.3) is 0 Å². The predicted octanol–water partition coefficient (Wildman–Crippen LogP) is 2.21. The number of aromatic nitrogens is 1. The average molecular weight is 334 g/mol. The summed E-state index contributed by atoms with van der Waals surface area (Å²) in [4.78, 5) is 0.353. The molecule has 1 aromatic rings. The van der Waals surface area contributed by atoms with Crippen LogP contribution < -0.4 is 10.0 Å². The van der Waals surface area contributed by atoms with Gasteiger partial charge in [0, 0.05) is 31.0 Å². The maximum Gasteiger partial charge on any atom is 0.242 e. The molecule has 2 N–H and O–H groups in total. The summed E-state index contributed by atoms with van der Waals surface area (Å²) in [6, 6.07) is 1.99. The second-order valence-electron chi connectivity index (χ2n) is 5.30. The van der Waals surface area contributed by atoms with Gasteiger partial charge in [0.05, 0.1) is 4.90 Å². The van der Waals surface area contributed by atoms with Crippen molar-refractivity contribution in [2.24, 2.45) is 0 Å². The first-order chi connectivity index (χ1) is 9.92. The van der Waals surface area contributed by atoms with Crippen LogP contribution in [0.15, 0.2) is 17.2 Å². The van der Waals surface area contributed by atoms with Crippen LogP contribution in [0.3, 0.4) is 0 Å². The monoisotopic (exact) mass is 333 g/mol. The zero-order chi connectivity index (χ0) is 15.9. The van der Waals surface area contributed by atoms with Crippen molar-refractivity contribution in [3.8, 4) is 0 Å². The van der Waals surface area contributed by atoms with Crippen molar-refractivity contribution in [2.45, 2.75) is 44.2 Å². The average Bonchev–Trinajstić information content (AvgIpc) is 2.84. The second kappa shape index (κ2) is 8.82. The summed E-state index contributed by atoms with van der Waals surface area (Å²) >= 11 is 1.78. The van der Waals surface area contributed by atoms with Crippen molar-refractivity contribution in [2.75, 3.05) is 25.6 Å². The fraction of sp³-hybridized carbons (Fsp3) is 0.714. The first kappa shape index (κ1) is 18.5. The minimum absolute atomic E-state index is 0.235. The Balaban J connectivity index is 2.76. The summed E-state index contributed by atoms with van der Waals surface area (Å²) in [5.74, 6) is 1.07. The highest BCUT2D eigenvalue weighted by atomic mass is 32.2. The lowest BCUT2D eigenvalue weighted by atomic mass is 10.3. The van der Waals surface area contributed by atoms with Crippen molar-refractivity contribution in [3.63, 3.8) is 0 Å². The molecule has 0 unspecified atom stereocenters. The Labute approximate surface area is 132 Å². The minimum atomic E-state index is -3.41. The molecular formula is C14H27N3O2S2. The van der Waals surface area contributed by atoms with Crippen LogP contribution in [0.5, 0.6) is 0 Å². The molecule has 0 fully saturated rings. The van der Waals surface area contributed by atoms with Gasteiger partial charge in [-0.05, 0) is 51.8 Å². The highest BCUT2D eigenvalue weighted by Crippen LogP contribution is 2.19. The number of hydrogen-bond donors (Lipinski definition) is 2. The fourth-order valence-corrected chi connectivity index (χ4v) is 3.72. The Bertz CT molecular complexity index is 524. The first-order valence-electron chi connectivity index (χ1n) is 7.26. The molecular weight excluding hydrogens is 306 g/mol. The van der Waals surface area contributed by atoms with E-state index in [1.165, 1.54) is 0 Å². The van der Waals surface area contributed by atoms with Gasteiger partial charge in [-0.1, -0.05) is 0 Å². The van der Waals surface area contributed by atoms with Crippen molar-refractivity contribution in [3.05, 3.63) is 18.0 Å². The maximum atomic E-state index is 12.3. The Morgan fingerprint density at radius 2 is 2.05 bits per heavy atom. The molecule has 1 rings (SSSR count). The molecule has 0 atom stereocenters. The zero-order valence-electron chi connectivity index (χ0n) is 13.3. The molecule has 0 aliphatic carbocycles. The van der Waals surface area contributed by atoms with Crippen LogP contribution in [0.25, 0.3) is 0 Å². The largest absolute Gasteiger partial charge is 0.346 e. The minimum Gasteiger partial charge on any atom is -0.346 e. The third kappa shape index (κ3) is 5.65. The molecule has 21 heavy (non-hydrogen) atoms. The smallest absolute Gasteiger partial charge is 0.242 e. The van der Waals surface area contributed by atoms with Gasteiger partial charge in [0.15, 0.2) is 0 Å². The van der Waals surface area contributed by atoms with Crippen LogP contribution in [0.4, 0.5) is 0 Å². The van der Waals surface area contributed by atoms with Gasteiger partial charge in [0.2, 0.25) is 10.0 Å². The summed E-state index contributed by atoms with van der Waals surface area (Å²) in [7, 11) is -1.55. The Morgan fingerprint density at radius 1 is 1.33 bits per heavy atom. The van der Waals surface area contributed by atoms with E-state index < -0.39 is 10.0 Å². The van der Waals surface area contributed by atoms with Crippen molar-refractivity contribution in [1.29, 1.82) is 0 Å². The Morgan fingerprint density at radius 3 is 2.62 bits per heavy atom. The van der Waals surface area contributed by atoms with Crippen molar-refractivity contribution in [1.82, 2.24) is 14.6 Å². The lowest BCUT2D eigenvalue weighted by molar-refractivity contribution is 0.560. The molecule has 0 saturated carbocycles. The van der Waals surface area contributed by atoms with E-state index >= 15 is 0 Å². The van der Waals surface area contributed by atoms with Crippen LogP contribution in [0.2, 0.25) is 0 Å². The van der Waals surface area contributed by atoms with Crippen LogP contribution in [-0.2, 0) is 16.6 Å². The molecule has 0 radical (unpaired) electrons. The van der Waals surface area contributed by atoms with Crippen LogP contribution in [-0.4, -0.2) is 38.6 Å². The van der Waals surface area contributed by atoms with Gasteiger partial charge in [-0.3, -0.25) is 0 Å². The number of nitrogens with one attached hydrogen (secondary N) is 2. The van der Waals surface area contributed by atoms with E-state index in [0.29, 0.717) is 18.0 Å². The summed E-state index contributed by atoms with van der Waals surface area (Å²) in [5.41, 5.74) is 0.982. The predicted molar refractivity (Wildman–Crippen MR) is 90.4 cm³/mol. The standard InChI is InChI=1S/C14H27N3O2S2/c1-12(2)17-11-14(9-13(17)10-15-3)21(18,19)16-7-5-6-8-20-4/h9,11-12,15-16H,5-8,10H2,1-4H3. The first-order valence-corrected chi connectivity index (χ1v) is 10.1. The normalized spacial score (nSPS) is 12.2. The van der Waals surface area contributed by atoms with E-state index in [2.05, 4.69) is 16.3 Å². The lowest BCUT2D eigenvalue weighted by Crippen LogP contribution is -2.24. The number of sulfonamides is 1. The molecule has 1 heterocycles. The summed E-state index contributed by atoms with van der Waals surface area (Å²) in [5, 5.41) is 3.07. The van der Waals surface area contributed by atoms with Gasteiger partial charge in [0.1, 0.15) is 0 Å². The van der Waals surface area contributed by atoms with Crippen LogP contribution >= 0.6 is 11.8 Å². The second-order valence-corrected chi connectivity index (χ2v) is 8.05.